The average molecular weight is 366 g/mol. The highest BCUT2D eigenvalue weighted by Gasteiger charge is 2.24. The summed E-state index contributed by atoms with van der Waals surface area (Å²) in [7, 11) is 4.15. The first kappa shape index (κ1) is 19.2. The number of carbonyl (C=O) groups excluding carboxylic acids is 1. The van der Waals surface area contributed by atoms with Crippen LogP contribution >= 0.6 is 23.2 Å². The summed E-state index contributed by atoms with van der Waals surface area (Å²) >= 11 is 12.3. The average Bonchev–Trinajstić information content (AvgIpc) is 2.76. The third-order valence-corrected chi connectivity index (χ3v) is 5.51. The third kappa shape index (κ3) is 4.30. The van der Waals surface area contributed by atoms with Crippen molar-refractivity contribution in [1.29, 1.82) is 0 Å². The Bertz CT molecular complexity index is 706. The second-order valence-electron chi connectivity index (χ2n) is 6.93. The van der Waals surface area contributed by atoms with Gasteiger partial charge in [0, 0.05) is 18.5 Å². The van der Waals surface area contributed by atoms with Gasteiger partial charge >= 0.3 is 0 Å². The van der Waals surface area contributed by atoms with Crippen LogP contribution in [0.25, 0.3) is 0 Å². The molecule has 24 heavy (non-hydrogen) atoms. The summed E-state index contributed by atoms with van der Waals surface area (Å²) in [6, 6.07) is 4.39. The monoisotopic (exact) mass is 365 g/mol. The van der Waals surface area contributed by atoms with Gasteiger partial charge in [0.15, 0.2) is 5.78 Å². The highest BCUT2D eigenvalue weighted by Crippen LogP contribution is 2.37. The lowest BCUT2D eigenvalue weighted by Crippen LogP contribution is -2.13. The van der Waals surface area contributed by atoms with Crippen molar-refractivity contribution in [2.24, 2.45) is 0 Å². The molecule has 0 saturated heterocycles. The Labute approximate surface area is 155 Å². The topological polar surface area (TPSA) is 20.3 Å². The zero-order chi connectivity index (χ0) is 18.0. The molecule has 2 rings (SSSR count). The van der Waals surface area contributed by atoms with E-state index in [9.17, 15) is 4.79 Å². The minimum absolute atomic E-state index is 0.0997. The van der Waals surface area contributed by atoms with Gasteiger partial charge in [-0.15, -0.1) is 0 Å². The van der Waals surface area contributed by atoms with Crippen LogP contribution in [0.1, 0.15) is 42.0 Å². The lowest BCUT2D eigenvalue weighted by molar-refractivity contribution is -0.115. The van der Waals surface area contributed by atoms with Crippen molar-refractivity contribution in [1.82, 2.24) is 4.90 Å². The van der Waals surface area contributed by atoms with Gasteiger partial charge in [-0.05, 0) is 75.5 Å². The molecule has 0 aliphatic heterocycles. The number of benzene rings is 1. The number of halogens is 2. The molecule has 130 valence electrons. The first-order valence-electron chi connectivity index (χ1n) is 8.22. The van der Waals surface area contributed by atoms with Crippen LogP contribution in [0.3, 0.4) is 0 Å². The number of ketones is 1. The normalized spacial score (nSPS) is 15.0. The highest BCUT2D eigenvalue weighted by atomic mass is 35.5. The predicted octanol–water partition coefficient (Wildman–Crippen LogP) is 5.28. The number of carbonyl (C=O) groups is 1. The van der Waals surface area contributed by atoms with E-state index in [1.54, 1.807) is 0 Å². The van der Waals surface area contributed by atoms with Crippen molar-refractivity contribution in [3.8, 4) is 0 Å². The molecule has 2 nitrogen and oxygen atoms in total. The standard InChI is InChI=1S/C20H25Cl2NO/c1-12-8-15(9-13(2)17(12)11-23(4)5)6-7-18(24)16-10-14(3)19(21)20(16)22/h8-9H,6-7,10-11H2,1-5H3. The van der Waals surface area contributed by atoms with Crippen molar-refractivity contribution in [3.63, 3.8) is 0 Å². The van der Waals surface area contributed by atoms with E-state index in [0.717, 1.165) is 18.5 Å². The van der Waals surface area contributed by atoms with Crippen molar-refractivity contribution in [3.05, 3.63) is 55.6 Å². The summed E-state index contributed by atoms with van der Waals surface area (Å²) < 4.78 is 0. The van der Waals surface area contributed by atoms with Crippen LogP contribution in [0.4, 0.5) is 0 Å². The molecule has 4 heteroatoms. The molecule has 0 bridgehead atoms. The molecule has 0 radical (unpaired) electrons. The molecule has 0 heterocycles. The highest BCUT2D eigenvalue weighted by molar-refractivity contribution is 6.46. The maximum absolute atomic E-state index is 12.5. The van der Waals surface area contributed by atoms with Crippen LogP contribution in [0.5, 0.6) is 0 Å². The second kappa shape index (κ2) is 7.86. The fourth-order valence-electron chi connectivity index (χ4n) is 3.16. The zero-order valence-electron chi connectivity index (χ0n) is 15.1. The fourth-order valence-corrected chi connectivity index (χ4v) is 3.68. The van der Waals surface area contributed by atoms with Gasteiger partial charge in [0.1, 0.15) is 0 Å². The molecule has 1 aromatic rings. The predicted molar refractivity (Wildman–Crippen MR) is 103 cm³/mol. The summed E-state index contributed by atoms with van der Waals surface area (Å²) in [6.45, 7) is 7.13. The summed E-state index contributed by atoms with van der Waals surface area (Å²) in [5, 5.41) is 0.979. The SMILES string of the molecule is CC1=C(Cl)C(Cl)=C(C(=O)CCc2cc(C)c(CN(C)C)c(C)c2)C1. The number of allylic oxidation sites excluding steroid dienone is 4. The Morgan fingerprint density at radius 2 is 1.67 bits per heavy atom. The molecule has 1 aromatic carbocycles. The van der Waals surface area contributed by atoms with Gasteiger partial charge in [-0.25, -0.2) is 0 Å². The van der Waals surface area contributed by atoms with Crippen molar-refractivity contribution in [2.75, 3.05) is 14.1 Å². The van der Waals surface area contributed by atoms with Gasteiger partial charge in [0.05, 0.1) is 10.1 Å². The number of nitrogens with zero attached hydrogens (tertiary/aromatic N) is 1. The summed E-state index contributed by atoms with van der Waals surface area (Å²) in [5.74, 6) is 0.0997. The first-order chi connectivity index (χ1) is 11.2. The Hall–Kier alpha value is -1.09. The summed E-state index contributed by atoms with van der Waals surface area (Å²) in [6.07, 6.45) is 1.78. The van der Waals surface area contributed by atoms with Gasteiger partial charge < -0.3 is 4.90 Å². The number of hydrogen-bond donors (Lipinski definition) is 0. The van der Waals surface area contributed by atoms with Gasteiger partial charge in [-0.3, -0.25) is 4.79 Å². The van der Waals surface area contributed by atoms with E-state index in [4.69, 9.17) is 23.2 Å². The number of aryl methyl sites for hydroxylation is 3. The van der Waals surface area contributed by atoms with Crippen LogP contribution < -0.4 is 0 Å². The lowest BCUT2D eigenvalue weighted by atomic mass is 9.95. The quantitative estimate of drug-likeness (QED) is 0.683. The molecular weight excluding hydrogens is 341 g/mol. The van der Waals surface area contributed by atoms with E-state index in [1.165, 1.54) is 22.3 Å². The maximum Gasteiger partial charge on any atom is 0.161 e. The van der Waals surface area contributed by atoms with E-state index in [1.807, 2.05) is 6.92 Å². The fraction of sp³-hybridized carbons (Fsp3) is 0.450. The molecule has 0 atom stereocenters. The Morgan fingerprint density at radius 3 is 2.12 bits per heavy atom. The zero-order valence-corrected chi connectivity index (χ0v) is 16.6. The maximum atomic E-state index is 12.5. The molecule has 0 fully saturated rings. The van der Waals surface area contributed by atoms with Crippen molar-refractivity contribution in [2.45, 2.75) is 46.6 Å². The summed E-state index contributed by atoms with van der Waals surface area (Å²) in [5.41, 5.74) is 6.77. The Kier molecular flexibility index (Phi) is 6.30. The molecule has 0 aromatic heterocycles. The number of hydrogen-bond acceptors (Lipinski definition) is 2. The second-order valence-corrected chi connectivity index (χ2v) is 7.69. The van der Waals surface area contributed by atoms with Crippen LogP contribution in [0.2, 0.25) is 0 Å². The lowest BCUT2D eigenvalue weighted by Gasteiger charge is -2.16. The summed E-state index contributed by atoms with van der Waals surface area (Å²) in [4.78, 5) is 14.6. The molecule has 1 aliphatic rings. The van der Waals surface area contributed by atoms with E-state index in [0.29, 0.717) is 28.5 Å². The van der Waals surface area contributed by atoms with Gasteiger partial charge in [0.25, 0.3) is 0 Å². The molecule has 0 amide bonds. The van der Waals surface area contributed by atoms with Crippen molar-refractivity contribution >= 4 is 29.0 Å². The smallest absolute Gasteiger partial charge is 0.161 e. The minimum Gasteiger partial charge on any atom is -0.305 e. The van der Waals surface area contributed by atoms with E-state index in [2.05, 4.69) is 45.0 Å². The third-order valence-electron chi connectivity index (χ3n) is 4.48. The Morgan fingerprint density at radius 1 is 1.08 bits per heavy atom. The molecular formula is C20H25Cl2NO. The molecule has 0 saturated carbocycles. The van der Waals surface area contributed by atoms with E-state index in [-0.39, 0.29) is 5.78 Å². The van der Waals surface area contributed by atoms with Crippen LogP contribution in [-0.4, -0.2) is 24.8 Å². The van der Waals surface area contributed by atoms with Gasteiger partial charge in [-0.1, -0.05) is 35.3 Å². The minimum atomic E-state index is 0.0997. The van der Waals surface area contributed by atoms with E-state index >= 15 is 0 Å². The van der Waals surface area contributed by atoms with Crippen LogP contribution in [-0.2, 0) is 17.8 Å². The van der Waals surface area contributed by atoms with Gasteiger partial charge in [-0.2, -0.15) is 0 Å². The first-order valence-corrected chi connectivity index (χ1v) is 8.97. The van der Waals surface area contributed by atoms with Crippen molar-refractivity contribution < 1.29 is 4.79 Å². The largest absolute Gasteiger partial charge is 0.305 e. The van der Waals surface area contributed by atoms with Crippen LogP contribution in [0, 0.1) is 13.8 Å². The van der Waals surface area contributed by atoms with E-state index < -0.39 is 0 Å². The van der Waals surface area contributed by atoms with Crippen LogP contribution in [0.15, 0.2) is 33.3 Å². The number of rotatable bonds is 6. The Balaban J connectivity index is 2.07. The molecule has 0 unspecified atom stereocenters. The molecule has 1 aliphatic carbocycles. The molecule has 0 N–H and O–H groups in total. The molecule has 0 spiro atoms. The van der Waals surface area contributed by atoms with Gasteiger partial charge in [0.2, 0.25) is 0 Å². The number of Topliss-reactive ketones (excluding diaryl/α,β-unsaturated/α-hetero) is 1.